The minimum absolute atomic E-state index is 0.0453. The third kappa shape index (κ3) is 17.6. The molecule has 362 valence electrons. The molecule has 18 nitrogen and oxygen atoms in total. The summed E-state index contributed by atoms with van der Waals surface area (Å²) in [6.45, 7) is 14.3. The van der Waals surface area contributed by atoms with E-state index in [0.29, 0.717) is 5.56 Å². The standard InChI is InChI=1S/C48H70N8O10/c1-26(2)20-36(52-42(59)33(49)23-30-14-10-9-11-15-30)44(61)54-37(21-27(3)4)45(62)55-39(24-31-25-50-34-17-13-12-16-32(31)34)46(63)51-35(18-19-40(57)58)43(60)53-38(22-28(5)6)47(64)56-41(29(7)8)48(65)66/h9-17,25-29,33,35-39,41,50H,18-24,49H2,1-8H3,(H,51,63)(H,52,59)(H,53,60)(H,54,61)(H,55,62)(H,56,64)(H,57,58)(H,65,66)/t33-,35-,36-,37-,38-,39-,41-/m0/s1. The number of carboxylic acids is 2. The number of carboxylic acid groups (broad SMARTS) is 2. The molecule has 0 radical (unpaired) electrons. The highest BCUT2D eigenvalue weighted by Crippen LogP contribution is 2.20. The van der Waals surface area contributed by atoms with Crippen LogP contribution < -0.4 is 37.6 Å². The van der Waals surface area contributed by atoms with Crippen molar-refractivity contribution in [3.63, 3.8) is 0 Å². The summed E-state index contributed by atoms with van der Waals surface area (Å²) in [6.07, 6.45) is 1.31. The number of fused-ring (bicyclic) bond motifs is 1. The Bertz CT molecular complexity index is 2120. The lowest BCUT2D eigenvalue weighted by atomic mass is 9.98. The molecule has 3 rings (SSSR count). The van der Waals surface area contributed by atoms with Gasteiger partial charge in [0.05, 0.1) is 6.04 Å². The van der Waals surface area contributed by atoms with Crippen LogP contribution in [0, 0.1) is 23.7 Å². The van der Waals surface area contributed by atoms with Crippen molar-refractivity contribution in [2.75, 3.05) is 0 Å². The highest BCUT2D eigenvalue weighted by atomic mass is 16.4. The van der Waals surface area contributed by atoms with Gasteiger partial charge in [-0.05, 0) is 73.0 Å². The van der Waals surface area contributed by atoms with Gasteiger partial charge in [0.25, 0.3) is 0 Å². The number of hydrogen-bond donors (Lipinski definition) is 10. The molecule has 1 aromatic heterocycles. The van der Waals surface area contributed by atoms with Crippen LogP contribution in [0.4, 0.5) is 0 Å². The van der Waals surface area contributed by atoms with Crippen molar-refractivity contribution in [3.05, 3.63) is 71.9 Å². The van der Waals surface area contributed by atoms with Crippen molar-refractivity contribution in [3.8, 4) is 0 Å². The highest BCUT2D eigenvalue weighted by Gasteiger charge is 2.35. The fourth-order valence-corrected chi connectivity index (χ4v) is 7.47. The lowest BCUT2D eigenvalue weighted by Crippen LogP contribution is -2.60. The van der Waals surface area contributed by atoms with E-state index < -0.39 is 108 Å². The Hall–Kier alpha value is -6.30. The molecule has 0 unspecified atom stereocenters. The first-order valence-electron chi connectivity index (χ1n) is 22.7. The molecule has 7 atom stereocenters. The molecular weight excluding hydrogens is 849 g/mol. The summed E-state index contributed by atoms with van der Waals surface area (Å²) in [5, 5.41) is 36.1. The number of nitrogens with one attached hydrogen (secondary N) is 7. The minimum atomic E-state index is -1.52. The van der Waals surface area contributed by atoms with Crippen molar-refractivity contribution in [2.45, 2.75) is 143 Å². The van der Waals surface area contributed by atoms with E-state index in [2.05, 4.69) is 36.9 Å². The summed E-state index contributed by atoms with van der Waals surface area (Å²) in [6, 6.07) is 7.88. The number of carbonyl (C=O) groups excluding carboxylic acids is 6. The van der Waals surface area contributed by atoms with E-state index in [-0.39, 0.29) is 49.9 Å². The van der Waals surface area contributed by atoms with Gasteiger partial charge in [0.15, 0.2) is 0 Å². The third-order valence-corrected chi connectivity index (χ3v) is 10.9. The molecule has 11 N–H and O–H groups in total. The van der Waals surface area contributed by atoms with Crippen LogP contribution in [0.1, 0.15) is 98.6 Å². The first-order chi connectivity index (χ1) is 31.1. The van der Waals surface area contributed by atoms with Gasteiger partial charge in [0, 0.05) is 29.9 Å². The summed E-state index contributed by atoms with van der Waals surface area (Å²) >= 11 is 0. The smallest absolute Gasteiger partial charge is 0.326 e. The second-order valence-corrected chi connectivity index (χ2v) is 18.6. The van der Waals surface area contributed by atoms with E-state index in [1.54, 1.807) is 40.0 Å². The lowest BCUT2D eigenvalue weighted by Gasteiger charge is -2.29. The molecule has 0 fully saturated rings. The van der Waals surface area contributed by atoms with E-state index in [1.165, 1.54) is 0 Å². The number of H-pyrrole nitrogens is 1. The average molecular weight is 919 g/mol. The molecule has 0 saturated heterocycles. The zero-order valence-electron chi connectivity index (χ0n) is 39.3. The summed E-state index contributed by atoms with van der Waals surface area (Å²) in [5.74, 6) is -7.78. The van der Waals surface area contributed by atoms with Crippen LogP contribution in [0.3, 0.4) is 0 Å². The number of para-hydroxylation sites is 1. The SMILES string of the molecule is CC(C)C[C@H](NC(=O)[C@H](CC(C)C)NC(=O)[C@@H](N)Cc1ccccc1)C(=O)N[C@@H](Cc1c[nH]c2ccccc12)C(=O)N[C@@H](CCC(=O)O)C(=O)N[C@@H](CC(C)C)C(=O)N[C@H](C(=O)O)C(C)C. The Balaban J connectivity index is 1.95. The van der Waals surface area contributed by atoms with Gasteiger partial charge in [-0.3, -0.25) is 33.6 Å². The third-order valence-electron chi connectivity index (χ3n) is 10.9. The number of aromatic nitrogens is 1. The van der Waals surface area contributed by atoms with Crippen molar-refractivity contribution < 1.29 is 48.6 Å². The van der Waals surface area contributed by atoms with Gasteiger partial charge in [-0.15, -0.1) is 0 Å². The molecule has 1 heterocycles. The summed E-state index contributed by atoms with van der Waals surface area (Å²) < 4.78 is 0. The van der Waals surface area contributed by atoms with Gasteiger partial charge in [0.1, 0.15) is 36.3 Å². The second-order valence-electron chi connectivity index (χ2n) is 18.6. The van der Waals surface area contributed by atoms with Crippen LogP contribution in [-0.2, 0) is 51.2 Å². The lowest BCUT2D eigenvalue weighted by molar-refractivity contribution is -0.143. The van der Waals surface area contributed by atoms with Gasteiger partial charge in [-0.1, -0.05) is 104 Å². The van der Waals surface area contributed by atoms with Gasteiger partial charge >= 0.3 is 11.9 Å². The Labute approximate surface area is 386 Å². The fraction of sp³-hybridized carbons (Fsp3) is 0.542. The second kappa shape index (κ2) is 26.0. The van der Waals surface area contributed by atoms with E-state index in [1.807, 2.05) is 76.2 Å². The number of aromatic amines is 1. The molecule has 0 aliphatic heterocycles. The quantitative estimate of drug-likeness (QED) is 0.0531. The maximum atomic E-state index is 14.5. The van der Waals surface area contributed by atoms with Crippen molar-refractivity contribution in [2.24, 2.45) is 29.4 Å². The first-order valence-corrected chi connectivity index (χ1v) is 22.7. The van der Waals surface area contributed by atoms with Crippen molar-refractivity contribution in [1.82, 2.24) is 36.9 Å². The molecule has 3 aromatic rings. The number of amides is 6. The van der Waals surface area contributed by atoms with Gasteiger partial charge in [-0.2, -0.15) is 0 Å². The van der Waals surface area contributed by atoms with Crippen LogP contribution in [-0.4, -0.2) is 105 Å². The van der Waals surface area contributed by atoms with Gasteiger partial charge in [-0.25, -0.2) is 4.79 Å². The van der Waals surface area contributed by atoms with E-state index in [0.717, 1.165) is 16.5 Å². The fourth-order valence-electron chi connectivity index (χ4n) is 7.47. The van der Waals surface area contributed by atoms with Crippen LogP contribution in [0.2, 0.25) is 0 Å². The van der Waals surface area contributed by atoms with E-state index >= 15 is 0 Å². The minimum Gasteiger partial charge on any atom is -0.481 e. The van der Waals surface area contributed by atoms with Crippen LogP contribution in [0.15, 0.2) is 60.8 Å². The monoisotopic (exact) mass is 919 g/mol. The largest absolute Gasteiger partial charge is 0.481 e. The molecule has 0 aliphatic rings. The zero-order chi connectivity index (χ0) is 49.2. The maximum Gasteiger partial charge on any atom is 0.326 e. The molecule has 2 aromatic carbocycles. The topological polar surface area (TPSA) is 291 Å². The summed E-state index contributed by atoms with van der Waals surface area (Å²) in [7, 11) is 0. The number of hydrogen-bond acceptors (Lipinski definition) is 9. The average Bonchev–Trinajstić information content (AvgIpc) is 3.64. The van der Waals surface area contributed by atoms with Gasteiger partial charge < -0.3 is 52.8 Å². The number of rotatable bonds is 27. The van der Waals surface area contributed by atoms with Crippen LogP contribution in [0.25, 0.3) is 10.9 Å². The molecular formula is C48H70N8O10. The molecule has 6 amide bonds. The van der Waals surface area contributed by atoms with E-state index in [4.69, 9.17) is 5.73 Å². The molecule has 0 saturated carbocycles. The highest BCUT2D eigenvalue weighted by molar-refractivity contribution is 5.97. The Morgan fingerprint density at radius 3 is 1.48 bits per heavy atom. The molecule has 0 bridgehead atoms. The maximum absolute atomic E-state index is 14.5. The normalized spacial score (nSPS) is 14.7. The van der Waals surface area contributed by atoms with Crippen LogP contribution in [0.5, 0.6) is 0 Å². The zero-order valence-corrected chi connectivity index (χ0v) is 39.3. The van der Waals surface area contributed by atoms with Gasteiger partial charge in [0.2, 0.25) is 35.4 Å². The summed E-state index contributed by atoms with van der Waals surface area (Å²) in [5.41, 5.74) is 8.47. The first kappa shape index (κ1) is 54.0. The Morgan fingerprint density at radius 1 is 0.545 bits per heavy atom. The van der Waals surface area contributed by atoms with Crippen molar-refractivity contribution >= 4 is 58.3 Å². The number of aliphatic carboxylic acids is 2. The number of carbonyl (C=O) groups is 8. The molecule has 0 spiro atoms. The predicted octanol–water partition coefficient (Wildman–Crippen LogP) is 2.93. The number of benzene rings is 2. The Morgan fingerprint density at radius 2 is 0.985 bits per heavy atom. The van der Waals surface area contributed by atoms with E-state index in [9.17, 15) is 48.6 Å². The van der Waals surface area contributed by atoms with Crippen LogP contribution >= 0.6 is 0 Å². The molecule has 0 aliphatic carbocycles. The molecule has 66 heavy (non-hydrogen) atoms. The Kier molecular flexibility index (Phi) is 21.3. The predicted molar refractivity (Wildman–Crippen MR) is 249 cm³/mol. The van der Waals surface area contributed by atoms with Crippen molar-refractivity contribution in [1.29, 1.82) is 0 Å². The summed E-state index contributed by atoms with van der Waals surface area (Å²) in [4.78, 5) is 110. The number of nitrogens with two attached hydrogens (primary N) is 1. The molecule has 18 heteroatoms.